The van der Waals surface area contributed by atoms with E-state index in [2.05, 4.69) is 44.9 Å². The first-order chi connectivity index (χ1) is 31.2. The molecule has 4 aliphatic heterocycles. The Morgan fingerprint density at radius 1 is 0.754 bits per heavy atom. The first kappa shape index (κ1) is 46.6. The number of unbranched alkanes of at least 4 members (excludes halogenated alkanes) is 4. The lowest BCUT2D eigenvalue weighted by Gasteiger charge is -2.28. The van der Waals surface area contributed by atoms with Crippen LogP contribution >= 0.6 is 0 Å². The van der Waals surface area contributed by atoms with Gasteiger partial charge in [0, 0.05) is 34.3 Å². The molecular weight excluding hydrogens is 817 g/mol. The smallest absolute Gasteiger partial charge is 0.316 e. The Balaban J connectivity index is 1.75. The van der Waals surface area contributed by atoms with Crippen LogP contribution < -0.4 is 16.0 Å². The minimum Gasteiger partial charge on any atom is -0.481 e. The molecule has 3 N–H and O–H groups in total. The number of aromatic nitrogens is 1. The lowest BCUT2D eigenvalue weighted by atomic mass is 9.74. The number of aliphatic carboxylic acids is 1. The molecule has 340 valence electrons. The Bertz CT molecular complexity index is 2830. The maximum absolute atomic E-state index is 14.1. The second kappa shape index (κ2) is 19.4. The van der Waals surface area contributed by atoms with Crippen molar-refractivity contribution in [1.82, 2.24) is 10.3 Å². The lowest BCUT2D eigenvalue weighted by Crippen LogP contribution is -2.42. The van der Waals surface area contributed by atoms with Crippen LogP contribution in [-0.2, 0) is 11.2 Å². The number of nitrogens with zero attached hydrogens (tertiary/aromatic N) is 4. The predicted molar refractivity (Wildman–Crippen MR) is 260 cm³/mol. The molecule has 7 rings (SSSR count). The highest BCUT2D eigenvalue weighted by molar-refractivity contribution is 6.34. The minimum atomic E-state index is -1.51. The summed E-state index contributed by atoms with van der Waals surface area (Å²) in [6, 6.07) is 12.7. The van der Waals surface area contributed by atoms with Crippen molar-refractivity contribution in [2.45, 2.75) is 138 Å². The summed E-state index contributed by atoms with van der Waals surface area (Å²) in [7, 11) is 0. The van der Waals surface area contributed by atoms with Gasteiger partial charge in [-0.25, -0.2) is 9.98 Å². The van der Waals surface area contributed by atoms with Gasteiger partial charge in [-0.3, -0.25) is 25.0 Å². The zero-order valence-electron chi connectivity index (χ0n) is 39.1. The van der Waals surface area contributed by atoms with Crippen molar-refractivity contribution >= 4 is 46.0 Å². The van der Waals surface area contributed by atoms with E-state index >= 15 is 0 Å². The van der Waals surface area contributed by atoms with Crippen LogP contribution in [0.25, 0.3) is 17.2 Å². The third-order valence-electron chi connectivity index (χ3n) is 13.9. The summed E-state index contributed by atoms with van der Waals surface area (Å²) in [6.07, 6.45) is 13.2. The van der Waals surface area contributed by atoms with Crippen LogP contribution in [0.5, 0.6) is 0 Å². The van der Waals surface area contributed by atoms with Crippen molar-refractivity contribution in [3.8, 4) is 0 Å². The minimum absolute atomic E-state index is 0.0362. The SMILES string of the molecule is CCCCC1=C(C)/C2=C/C3NC(=C(CCCC)C3(C)C(=O)O)/C(c3ccccc3[N+](=O)[O-])=C3N=C(/C=c4\[nH]/c(c(CCCC)c4C)=C(/c4ccccc4[N+](=O)[O-])C1=N2)C(C)=C\3CCCC. The second-order valence-corrected chi connectivity index (χ2v) is 17.9. The van der Waals surface area contributed by atoms with Gasteiger partial charge in [0.1, 0.15) is 5.41 Å². The molecule has 3 aromatic rings. The van der Waals surface area contributed by atoms with Gasteiger partial charge in [0.05, 0.1) is 55.2 Å². The molecule has 8 bridgehead atoms. The van der Waals surface area contributed by atoms with E-state index in [0.717, 1.165) is 89.1 Å². The summed E-state index contributed by atoms with van der Waals surface area (Å²) in [5.41, 5.74) is 9.74. The van der Waals surface area contributed by atoms with Crippen LogP contribution in [0.15, 0.2) is 110 Å². The zero-order chi connectivity index (χ0) is 46.7. The summed E-state index contributed by atoms with van der Waals surface area (Å²) >= 11 is 0. The van der Waals surface area contributed by atoms with Crippen molar-refractivity contribution in [2.24, 2.45) is 15.4 Å². The summed E-state index contributed by atoms with van der Waals surface area (Å²) in [5, 5.41) is 42.7. The zero-order valence-corrected chi connectivity index (χ0v) is 39.1. The molecule has 65 heavy (non-hydrogen) atoms. The topological polar surface area (TPSA) is 176 Å². The monoisotopic (exact) mass is 878 g/mol. The van der Waals surface area contributed by atoms with E-state index in [9.17, 15) is 30.1 Å². The molecule has 4 aliphatic rings. The van der Waals surface area contributed by atoms with E-state index < -0.39 is 17.4 Å². The summed E-state index contributed by atoms with van der Waals surface area (Å²) in [5.74, 6) is -1.03. The largest absolute Gasteiger partial charge is 0.481 e. The number of carbonyl (C=O) groups is 1. The number of H-pyrrole nitrogens is 1. The van der Waals surface area contributed by atoms with Gasteiger partial charge in [-0.15, -0.1) is 0 Å². The number of aromatic amines is 1. The van der Waals surface area contributed by atoms with Gasteiger partial charge in [-0.1, -0.05) is 77.6 Å². The van der Waals surface area contributed by atoms with Crippen LogP contribution in [0, 0.1) is 32.6 Å². The standard InChI is InChI=1S/C53H62N6O6/c1-9-13-21-34-31(5)40-29-41-32(6)35(22-14-10-2)50(55-41)47(38-25-18-20-28-44(38)59(64)65)51-39(26-16-12-4)53(8,52(60)61)45(57-51)30-42-33(7)36(23-15-11-3)49(56-42)46(48(34)54-40)37-24-17-19-27-43(37)58(62)63/h17-20,24-25,27-30,45,54,57H,9-16,21-23,26H2,1-8H3,(H,60,61)/b40-29-,42-30-,48-46-,50-47-. The Morgan fingerprint density at radius 3 is 1.89 bits per heavy atom. The number of fused-ring (bicyclic) bond motifs is 6. The van der Waals surface area contributed by atoms with E-state index in [1.807, 2.05) is 32.1 Å². The molecular formula is C53H62N6O6. The number of para-hydroxylation sites is 2. The number of nitrogens with one attached hydrogen (secondary N) is 2. The molecule has 2 atom stereocenters. The average Bonchev–Trinajstić information content (AvgIpc) is 3.96. The maximum atomic E-state index is 14.1. The first-order valence-corrected chi connectivity index (χ1v) is 23.4. The summed E-state index contributed by atoms with van der Waals surface area (Å²) in [4.78, 5) is 54.0. The lowest BCUT2D eigenvalue weighted by molar-refractivity contribution is -0.385. The van der Waals surface area contributed by atoms with Gasteiger partial charge in [0.2, 0.25) is 0 Å². The third-order valence-corrected chi connectivity index (χ3v) is 13.9. The van der Waals surface area contributed by atoms with Crippen molar-refractivity contribution in [3.63, 3.8) is 0 Å². The Labute approximate surface area is 381 Å². The molecule has 2 unspecified atom stereocenters. The molecule has 1 aromatic heterocycles. The Kier molecular flexibility index (Phi) is 13.9. The molecule has 0 saturated heterocycles. The highest BCUT2D eigenvalue weighted by Crippen LogP contribution is 2.51. The van der Waals surface area contributed by atoms with Gasteiger partial charge < -0.3 is 15.4 Å². The fraction of sp³-hybridized carbons (Fsp3) is 0.415. The molecule has 0 radical (unpaired) electrons. The highest BCUT2D eigenvalue weighted by Gasteiger charge is 2.52. The average molecular weight is 879 g/mol. The van der Waals surface area contributed by atoms with Crippen molar-refractivity contribution in [3.05, 3.63) is 153 Å². The van der Waals surface area contributed by atoms with Crippen molar-refractivity contribution in [2.75, 3.05) is 0 Å². The molecule has 0 fully saturated rings. The fourth-order valence-electron chi connectivity index (χ4n) is 9.93. The van der Waals surface area contributed by atoms with E-state index in [1.165, 1.54) is 12.1 Å². The number of carboxylic acid groups (broad SMARTS) is 1. The number of carboxylic acids is 1. The van der Waals surface area contributed by atoms with Gasteiger partial charge in [-0.2, -0.15) is 0 Å². The summed E-state index contributed by atoms with van der Waals surface area (Å²) in [6.45, 7) is 16.4. The maximum Gasteiger partial charge on any atom is 0.316 e. The van der Waals surface area contributed by atoms with Gasteiger partial charge in [-0.05, 0) is 142 Å². The number of hydrogen-bond donors (Lipinski definition) is 3. The molecule has 12 heteroatoms. The van der Waals surface area contributed by atoms with Gasteiger partial charge in [0.15, 0.2) is 0 Å². The number of aliphatic imine (C=N–C) groups is 2. The number of rotatable bonds is 17. The van der Waals surface area contributed by atoms with E-state index in [4.69, 9.17) is 9.98 Å². The Hall–Kier alpha value is -6.43. The van der Waals surface area contributed by atoms with Gasteiger partial charge >= 0.3 is 5.97 Å². The molecule has 0 saturated carbocycles. The van der Waals surface area contributed by atoms with E-state index in [1.54, 1.807) is 37.3 Å². The fourth-order valence-corrected chi connectivity index (χ4v) is 9.93. The van der Waals surface area contributed by atoms with Crippen molar-refractivity contribution in [1.29, 1.82) is 0 Å². The number of benzene rings is 2. The van der Waals surface area contributed by atoms with Crippen LogP contribution in [0.3, 0.4) is 0 Å². The second-order valence-electron chi connectivity index (χ2n) is 17.9. The number of nitro benzene ring substituents is 2. The first-order valence-electron chi connectivity index (χ1n) is 23.4. The quantitative estimate of drug-likeness (QED) is 0.0892. The molecule has 0 aliphatic carbocycles. The molecule has 12 nitrogen and oxygen atoms in total. The normalized spacial score (nSPS) is 22.7. The molecule has 0 amide bonds. The van der Waals surface area contributed by atoms with Crippen LogP contribution in [0.4, 0.5) is 11.4 Å². The Morgan fingerprint density at radius 2 is 1.31 bits per heavy atom. The number of hydrogen-bond acceptors (Lipinski definition) is 8. The molecule has 5 heterocycles. The molecule has 0 spiro atoms. The van der Waals surface area contributed by atoms with Gasteiger partial charge in [0.25, 0.3) is 11.4 Å². The molecule has 2 aromatic carbocycles. The van der Waals surface area contributed by atoms with E-state index in [-0.39, 0.29) is 21.2 Å². The third kappa shape index (κ3) is 8.39. The van der Waals surface area contributed by atoms with Crippen molar-refractivity contribution < 1.29 is 19.7 Å². The van der Waals surface area contributed by atoms with E-state index in [0.29, 0.717) is 88.5 Å². The van der Waals surface area contributed by atoms with Crippen LogP contribution in [-0.4, -0.2) is 43.4 Å². The number of allylic oxidation sites excluding steroid dienone is 5. The highest BCUT2D eigenvalue weighted by atomic mass is 16.6. The van der Waals surface area contributed by atoms with Crippen LogP contribution in [0.1, 0.15) is 141 Å². The number of nitro groups is 2. The van der Waals surface area contributed by atoms with Crippen LogP contribution in [0.2, 0.25) is 0 Å². The summed E-state index contributed by atoms with van der Waals surface area (Å²) < 4.78 is 0. The predicted octanol–water partition coefficient (Wildman–Crippen LogP) is 11.2.